The normalized spacial score (nSPS) is 13.4. The van der Waals surface area contributed by atoms with Crippen LogP contribution in [0, 0.1) is 13.8 Å². The predicted molar refractivity (Wildman–Crippen MR) is 319 cm³/mol. The summed E-state index contributed by atoms with van der Waals surface area (Å²) in [5, 5.41) is 0. The average Bonchev–Trinajstić information content (AvgIpc) is 4.28. The van der Waals surface area contributed by atoms with Gasteiger partial charge in [0.25, 0.3) is 0 Å². The van der Waals surface area contributed by atoms with E-state index in [1.807, 2.05) is 45.9 Å². The molecule has 2 N–H and O–H groups in total. The number of rotatable bonds is 46. The number of aromatic amines is 2. The van der Waals surface area contributed by atoms with E-state index in [-0.39, 0.29) is 63.4 Å². The molecule has 2 atom stereocenters. The molecule has 470 valence electrons. The maximum Gasteiger partial charge on any atom is 0.306 e. The summed E-state index contributed by atoms with van der Waals surface area (Å²) in [6, 6.07) is 8.17. The van der Waals surface area contributed by atoms with Crippen LogP contribution < -0.4 is 0 Å². The number of fused-ring (bicyclic) bond motifs is 8. The zero-order valence-corrected chi connectivity index (χ0v) is 51.5. The smallest absolute Gasteiger partial charge is 0.306 e. The molecule has 2 unspecified atom stereocenters. The van der Waals surface area contributed by atoms with Crippen LogP contribution in [0.3, 0.4) is 0 Å². The summed E-state index contributed by atoms with van der Waals surface area (Å²) in [4.78, 5) is 44.8. The molecule has 0 aromatic carbocycles. The van der Waals surface area contributed by atoms with Crippen LogP contribution >= 0.6 is 0 Å². The lowest BCUT2D eigenvalue weighted by Crippen LogP contribution is -2.13. The molecule has 0 saturated heterocycles. The first kappa shape index (κ1) is 69.7. The van der Waals surface area contributed by atoms with Crippen molar-refractivity contribution in [2.24, 2.45) is 0 Å². The average molecular weight is 1180 g/mol. The Labute approximate surface area is 495 Å². The fourth-order valence-electron chi connectivity index (χ4n) is 9.44. The Morgan fingerprint density at radius 3 is 1.04 bits per heavy atom. The first-order chi connectivity index (χ1) is 40.9. The van der Waals surface area contributed by atoms with Gasteiger partial charge in [-0.25, -0.2) is 9.97 Å². The number of aromatic nitrogens is 4. The van der Waals surface area contributed by atoms with Gasteiger partial charge in [0.1, 0.15) is 13.2 Å². The van der Waals surface area contributed by atoms with Gasteiger partial charge < -0.3 is 85.8 Å². The number of H-pyrrole nitrogens is 2. The van der Waals surface area contributed by atoms with Crippen molar-refractivity contribution < 1.29 is 85.4 Å². The molecule has 0 spiro atoms. The van der Waals surface area contributed by atoms with E-state index < -0.39 is 0 Å². The van der Waals surface area contributed by atoms with Gasteiger partial charge >= 0.3 is 11.9 Å². The molecule has 5 heterocycles. The van der Waals surface area contributed by atoms with E-state index in [4.69, 9.17) is 85.8 Å². The van der Waals surface area contributed by atoms with Gasteiger partial charge in [-0.1, -0.05) is 0 Å². The molecule has 5 rings (SSSR count). The molecule has 0 fully saturated rings. The maximum absolute atomic E-state index is 13.4. The maximum atomic E-state index is 13.4. The second-order valence-corrected chi connectivity index (χ2v) is 19.9. The predicted octanol–water partition coefficient (Wildman–Crippen LogP) is 8.31. The Morgan fingerprint density at radius 1 is 0.381 bits per heavy atom. The van der Waals surface area contributed by atoms with Crippen LogP contribution in [0.5, 0.6) is 0 Å². The van der Waals surface area contributed by atoms with E-state index in [1.165, 1.54) is 0 Å². The minimum Gasteiger partial charge on any atom is -0.463 e. The largest absolute Gasteiger partial charge is 0.463 e. The molecule has 22 heteroatoms. The first-order valence-electron chi connectivity index (χ1n) is 29.2. The highest BCUT2D eigenvalue weighted by Gasteiger charge is 2.25. The Bertz CT molecular complexity index is 2670. The molecule has 8 bridgehead atoms. The van der Waals surface area contributed by atoms with Crippen LogP contribution in [0.25, 0.3) is 44.4 Å². The molecule has 0 aliphatic carbocycles. The fourth-order valence-corrected chi connectivity index (χ4v) is 9.44. The van der Waals surface area contributed by atoms with Crippen LogP contribution in [-0.4, -0.2) is 219 Å². The molecular weight excluding hydrogens is 1090 g/mol. The Balaban J connectivity index is 1.55. The second kappa shape index (κ2) is 40.4. The number of carbonyl (C=O) groups is 2. The van der Waals surface area contributed by atoms with Crippen molar-refractivity contribution >= 4 is 56.3 Å². The summed E-state index contributed by atoms with van der Waals surface area (Å²) < 4.78 is 89.5. The highest BCUT2D eigenvalue weighted by Crippen LogP contribution is 2.39. The van der Waals surface area contributed by atoms with Gasteiger partial charge in [-0.15, -0.1) is 0 Å². The fraction of sp³-hybridized carbons (Fsp3) is 0.645. The van der Waals surface area contributed by atoms with Crippen molar-refractivity contribution in [2.75, 3.05) is 187 Å². The number of hydrogen-bond acceptors (Lipinski definition) is 20. The number of esters is 2. The molecule has 3 aromatic heterocycles. The highest BCUT2D eigenvalue weighted by molar-refractivity contribution is 5.96. The minimum absolute atomic E-state index is 0.0941. The Hall–Kier alpha value is -5.02. The quantitative estimate of drug-likeness (QED) is 0.0399. The summed E-state index contributed by atoms with van der Waals surface area (Å²) in [5.41, 5.74) is 13.5. The summed E-state index contributed by atoms with van der Waals surface area (Å²) in [7, 11) is 6.52. The molecule has 2 aliphatic heterocycles. The van der Waals surface area contributed by atoms with Gasteiger partial charge in [0, 0.05) is 74.5 Å². The standard InChI is InChI=1S/C62H94N4O18/c1-43-49(11-13-59(67)83-37-33-79-29-25-75-21-17-71-9)55-42-56-50(12-14-60(68)84-38-34-80-30-26-76-22-18-72-10)44(2)52(64-56)40-57-62(48(6)82-36-32-78-28-24-74-20-16-70-8)46(4)54(66-57)41-58-61(45(3)53(65-58)39-51(43)63-55)47(5)81-35-31-77-27-23-73-19-15-69-7/h39-42,47-48,65-66H,11-38H2,1-10H3. The van der Waals surface area contributed by atoms with E-state index in [9.17, 15) is 9.59 Å². The number of nitrogens with zero attached hydrogens (tertiary/aromatic N) is 2. The van der Waals surface area contributed by atoms with Gasteiger partial charge in [-0.3, -0.25) is 9.59 Å². The lowest BCUT2D eigenvalue weighted by molar-refractivity contribution is -0.146. The third-order valence-corrected chi connectivity index (χ3v) is 14.0. The molecule has 22 nitrogen and oxygen atoms in total. The Kier molecular flexibility index (Phi) is 33.5. The number of hydrogen-bond donors (Lipinski definition) is 2. The van der Waals surface area contributed by atoms with Crippen molar-refractivity contribution in [1.29, 1.82) is 0 Å². The van der Waals surface area contributed by atoms with Crippen LogP contribution in [0.2, 0.25) is 0 Å². The van der Waals surface area contributed by atoms with E-state index in [0.717, 1.165) is 66.6 Å². The Morgan fingerprint density at radius 2 is 0.679 bits per heavy atom. The molecular formula is C62H94N4O18. The minimum atomic E-state index is -0.371. The molecule has 2 aliphatic rings. The van der Waals surface area contributed by atoms with Gasteiger partial charge in [0.15, 0.2) is 0 Å². The van der Waals surface area contributed by atoms with E-state index >= 15 is 0 Å². The third-order valence-electron chi connectivity index (χ3n) is 14.0. The monoisotopic (exact) mass is 1180 g/mol. The summed E-state index contributed by atoms with van der Waals surface area (Å²) in [6.45, 7) is 21.8. The van der Waals surface area contributed by atoms with Crippen molar-refractivity contribution in [3.8, 4) is 0 Å². The number of ether oxygens (including phenoxy) is 16. The first-order valence-corrected chi connectivity index (χ1v) is 29.2. The third kappa shape index (κ3) is 23.7. The van der Waals surface area contributed by atoms with Crippen LogP contribution in [0.15, 0.2) is 24.3 Å². The van der Waals surface area contributed by atoms with Crippen LogP contribution in [0.4, 0.5) is 0 Å². The summed E-state index contributed by atoms with van der Waals surface area (Å²) in [5.74, 6) is -0.734. The van der Waals surface area contributed by atoms with E-state index in [1.54, 1.807) is 28.4 Å². The lowest BCUT2D eigenvalue weighted by atomic mass is 9.98. The number of aryl methyl sites for hydroxylation is 2. The van der Waals surface area contributed by atoms with Crippen LogP contribution in [0.1, 0.15) is 111 Å². The SMILES string of the molecule is COCCOCCOCCOC(=O)CCC1=C(C)c2cc3[nH]c(cc4[nH]c(cc5nc(cc1n2)C(CCC(=O)OCCOCCOCCOC)=C5C)c(C(C)OCCOCCOCCOC)c4C)c(C(C)OCCOCCOCCOC)c3C. The molecule has 0 saturated carbocycles. The van der Waals surface area contributed by atoms with Gasteiger partial charge in [0.05, 0.1) is 180 Å². The van der Waals surface area contributed by atoms with Crippen molar-refractivity contribution in [1.82, 2.24) is 19.9 Å². The zero-order valence-electron chi connectivity index (χ0n) is 51.5. The van der Waals surface area contributed by atoms with Crippen LogP contribution in [-0.2, 0) is 85.4 Å². The summed E-state index contributed by atoms with van der Waals surface area (Å²) in [6.07, 6.45) is 0.148. The number of carbonyl (C=O) groups excluding carboxylic acids is 2. The van der Waals surface area contributed by atoms with Crippen molar-refractivity contribution in [3.05, 3.63) is 69.3 Å². The molecule has 84 heavy (non-hydrogen) atoms. The molecule has 0 radical (unpaired) electrons. The van der Waals surface area contributed by atoms with Gasteiger partial charge in [-0.2, -0.15) is 0 Å². The van der Waals surface area contributed by atoms with E-state index in [2.05, 4.69) is 29.9 Å². The number of allylic oxidation sites excluding steroid dienone is 4. The number of nitrogens with one attached hydrogen (secondary N) is 2. The topological polar surface area (TPSA) is 239 Å². The molecule has 0 amide bonds. The molecule has 3 aromatic rings. The lowest BCUT2D eigenvalue weighted by Gasteiger charge is -2.14. The van der Waals surface area contributed by atoms with Crippen molar-refractivity contribution in [2.45, 2.75) is 79.4 Å². The highest BCUT2D eigenvalue weighted by atomic mass is 16.6. The number of methoxy groups -OCH3 is 4. The summed E-state index contributed by atoms with van der Waals surface area (Å²) >= 11 is 0. The second-order valence-electron chi connectivity index (χ2n) is 19.9. The van der Waals surface area contributed by atoms with Gasteiger partial charge in [0.2, 0.25) is 0 Å². The van der Waals surface area contributed by atoms with Crippen molar-refractivity contribution in [3.63, 3.8) is 0 Å². The zero-order chi connectivity index (χ0) is 60.3. The van der Waals surface area contributed by atoms with E-state index in [0.29, 0.717) is 168 Å². The van der Waals surface area contributed by atoms with Gasteiger partial charge in [-0.05, 0) is 112 Å².